The first kappa shape index (κ1) is 16.3. The second-order valence-electron chi connectivity index (χ2n) is 4.37. The van der Waals surface area contributed by atoms with Gasteiger partial charge in [-0.1, -0.05) is 13.3 Å². The van der Waals surface area contributed by atoms with Gasteiger partial charge in [0.25, 0.3) is 0 Å². The summed E-state index contributed by atoms with van der Waals surface area (Å²) in [6.45, 7) is 3.30. The van der Waals surface area contributed by atoms with Gasteiger partial charge in [0.15, 0.2) is 0 Å². The smallest absolute Gasteiger partial charge is 0.232 e. The molecule has 0 saturated heterocycles. The van der Waals surface area contributed by atoms with Gasteiger partial charge in [-0.2, -0.15) is 0 Å². The number of carbonyl (C=O) groups is 1. The number of nitrogens with one attached hydrogen (secondary N) is 2. The summed E-state index contributed by atoms with van der Waals surface area (Å²) in [4.78, 5) is 11.1. The van der Waals surface area contributed by atoms with E-state index < -0.39 is 10.0 Å². The Labute approximate surface area is 119 Å². The average Bonchev–Trinajstić information content (AvgIpc) is 2.35. The van der Waals surface area contributed by atoms with Crippen molar-refractivity contribution in [1.82, 2.24) is 0 Å². The molecule has 2 N–H and O–H groups in total. The lowest BCUT2D eigenvalue weighted by Gasteiger charge is -2.12. The van der Waals surface area contributed by atoms with Gasteiger partial charge in [-0.05, 0) is 24.6 Å². The SMILES string of the molecule is CCCCS(=O)(=O)Nc1ccc(OC)c(NC(C)=O)c1. The first-order valence-electron chi connectivity index (χ1n) is 6.34. The third-order valence-corrected chi connectivity index (χ3v) is 3.92. The van der Waals surface area contributed by atoms with Crippen LogP contribution in [0.15, 0.2) is 18.2 Å². The van der Waals surface area contributed by atoms with Gasteiger partial charge < -0.3 is 10.1 Å². The van der Waals surface area contributed by atoms with Gasteiger partial charge in [0, 0.05) is 6.92 Å². The summed E-state index contributed by atoms with van der Waals surface area (Å²) in [5.74, 6) is 0.288. The van der Waals surface area contributed by atoms with Crippen molar-refractivity contribution >= 4 is 27.3 Å². The fourth-order valence-corrected chi connectivity index (χ4v) is 2.88. The Morgan fingerprint density at radius 1 is 1.35 bits per heavy atom. The van der Waals surface area contributed by atoms with Crippen LogP contribution in [0.5, 0.6) is 5.75 Å². The zero-order valence-electron chi connectivity index (χ0n) is 11.9. The van der Waals surface area contributed by atoms with Gasteiger partial charge in [0.1, 0.15) is 5.75 Å². The molecule has 0 bridgehead atoms. The van der Waals surface area contributed by atoms with E-state index >= 15 is 0 Å². The largest absolute Gasteiger partial charge is 0.495 e. The maximum atomic E-state index is 11.8. The van der Waals surface area contributed by atoms with Crippen LogP contribution in [0.2, 0.25) is 0 Å². The Bertz CT molecular complexity index is 570. The number of methoxy groups -OCH3 is 1. The lowest BCUT2D eigenvalue weighted by Crippen LogP contribution is -2.17. The molecule has 20 heavy (non-hydrogen) atoms. The summed E-state index contributed by atoms with van der Waals surface area (Å²) < 4.78 is 31.2. The summed E-state index contributed by atoms with van der Waals surface area (Å²) in [5.41, 5.74) is 0.821. The summed E-state index contributed by atoms with van der Waals surface area (Å²) >= 11 is 0. The summed E-state index contributed by atoms with van der Waals surface area (Å²) in [6, 6.07) is 4.72. The van der Waals surface area contributed by atoms with E-state index in [4.69, 9.17) is 4.74 Å². The molecule has 1 aromatic carbocycles. The minimum Gasteiger partial charge on any atom is -0.495 e. The number of rotatable bonds is 7. The molecule has 0 spiro atoms. The highest BCUT2D eigenvalue weighted by Gasteiger charge is 2.12. The maximum Gasteiger partial charge on any atom is 0.232 e. The fourth-order valence-electron chi connectivity index (χ4n) is 1.62. The molecule has 1 amide bonds. The fraction of sp³-hybridized carbons (Fsp3) is 0.462. The van der Waals surface area contributed by atoms with Crippen molar-refractivity contribution in [2.24, 2.45) is 0 Å². The Morgan fingerprint density at radius 3 is 2.60 bits per heavy atom. The van der Waals surface area contributed by atoms with Crippen LogP contribution in [-0.2, 0) is 14.8 Å². The molecule has 1 aromatic rings. The van der Waals surface area contributed by atoms with E-state index in [9.17, 15) is 13.2 Å². The monoisotopic (exact) mass is 300 g/mol. The number of anilines is 2. The number of ether oxygens (including phenoxy) is 1. The first-order valence-corrected chi connectivity index (χ1v) is 7.99. The molecule has 6 nitrogen and oxygen atoms in total. The molecule has 0 unspecified atom stereocenters. The number of amides is 1. The molecular formula is C13H20N2O4S. The third kappa shape index (κ3) is 5.08. The summed E-state index contributed by atoms with van der Waals surface area (Å²) in [5, 5.41) is 2.59. The second-order valence-corrected chi connectivity index (χ2v) is 6.21. The molecular weight excluding hydrogens is 280 g/mol. The van der Waals surface area contributed by atoms with E-state index in [2.05, 4.69) is 10.0 Å². The van der Waals surface area contributed by atoms with Crippen LogP contribution >= 0.6 is 0 Å². The average molecular weight is 300 g/mol. The second kappa shape index (κ2) is 7.14. The van der Waals surface area contributed by atoms with Crippen LogP contribution in [0.3, 0.4) is 0 Å². The van der Waals surface area contributed by atoms with E-state index in [0.29, 0.717) is 23.5 Å². The Balaban J connectivity index is 2.94. The van der Waals surface area contributed by atoms with Gasteiger partial charge in [0.2, 0.25) is 15.9 Å². The van der Waals surface area contributed by atoms with E-state index in [1.165, 1.54) is 20.1 Å². The van der Waals surface area contributed by atoms with Crippen LogP contribution in [0.4, 0.5) is 11.4 Å². The van der Waals surface area contributed by atoms with Gasteiger partial charge in [-0.25, -0.2) is 8.42 Å². The molecule has 0 fully saturated rings. The van der Waals surface area contributed by atoms with Gasteiger partial charge in [0.05, 0.1) is 24.2 Å². The molecule has 0 heterocycles. The van der Waals surface area contributed by atoms with Gasteiger partial charge in [-0.15, -0.1) is 0 Å². The molecule has 7 heteroatoms. The number of benzene rings is 1. The van der Waals surface area contributed by atoms with E-state index in [1.807, 2.05) is 6.92 Å². The molecule has 1 rings (SSSR count). The molecule has 0 radical (unpaired) electrons. The van der Waals surface area contributed by atoms with Gasteiger partial charge >= 0.3 is 0 Å². The molecule has 0 aliphatic rings. The van der Waals surface area contributed by atoms with E-state index in [0.717, 1.165) is 6.42 Å². The van der Waals surface area contributed by atoms with Crippen LogP contribution in [0.25, 0.3) is 0 Å². The van der Waals surface area contributed by atoms with Crippen LogP contribution in [0.1, 0.15) is 26.7 Å². The highest BCUT2D eigenvalue weighted by Crippen LogP contribution is 2.28. The van der Waals surface area contributed by atoms with Gasteiger partial charge in [-0.3, -0.25) is 9.52 Å². The number of hydrogen-bond donors (Lipinski definition) is 2. The standard InChI is InChI=1S/C13H20N2O4S/c1-4-5-8-20(17,18)15-11-6-7-13(19-3)12(9-11)14-10(2)16/h6-7,9,15H,4-5,8H2,1-3H3,(H,14,16). The third-order valence-electron chi connectivity index (χ3n) is 2.55. The Kier molecular flexibility index (Phi) is 5.82. The molecule has 0 atom stereocenters. The maximum absolute atomic E-state index is 11.8. The van der Waals surface area contributed by atoms with Crippen molar-refractivity contribution in [3.05, 3.63) is 18.2 Å². The minimum atomic E-state index is -3.37. The molecule has 112 valence electrons. The first-order chi connectivity index (χ1) is 9.38. The topological polar surface area (TPSA) is 84.5 Å². The van der Waals surface area contributed by atoms with E-state index in [1.54, 1.807) is 12.1 Å². The van der Waals surface area contributed by atoms with E-state index in [-0.39, 0.29) is 11.7 Å². The Morgan fingerprint density at radius 2 is 2.05 bits per heavy atom. The van der Waals surface area contributed by atoms with Crippen molar-refractivity contribution in [2.75, 3.05) is 22.9 Å². The Hall–Kier alpha value is -1.76. The minimum absolute atomic E-state index is 0.0744. The highest BCUT2D eigenvalue weighted by atomic mass is 32.2. The summed E-state index contributed by atoms with van der Waals surface area (Å²) in [6.07, 6.45) is 1.41. The predicted octanol–water partition coefficient (Wildman–Crippen LogP) is 2.20. The van der Waals surface area contributed by atoms with Crippen molar-refractivity contribution in [1.29, 1.82) is 0 Å². The van der Waals surface area contributed by atoms with Crippen LogP contribution in [-0.4, -0.2) is 27.2 Å². The molecule has 0 saturated carbocycles. The predicted molar refractivity (Wildman–Crippen MR) is 79.6 cm³/mol. The normalized spacial score (nSPS) is 10.9. The van der Waals surface area contributed by atoms with Crippen molar-refractivity contribution in [3.8, 4) is 5.75 Å². The zero-order chi connectivity index (χ0) is 15.2. The summed E-state index contributed by atoms with van der Waals surface area (Å²) in [7, 11) is -1.89. The quantitative estimate of drug-likeness (QED) is 0.808. The lowest BCUT2D eigenvalue weighted by molar-refractivity contribution is -0.114. The molecule has 0 aliphatic carbocycles. The van der Waals surface area contributed by atoms with Crippen LogP contribution < -0.4 is 14.8 Å². The number of carbonyl (C=O) groups excluding carboxylic acids is 1. The van der Waals surface area contributed by atoms with Crippen molar-refractivity contribution < 1.29 is 17.9 Å². The number of unbranched alkanes of at least 4 members (excludes halogenated alkanes) is 1. The zero-order valence-corrected chi connectivity index (χ0v) is 12.7. The van der Waals surface area contributed by atoms with Crippen molar-refractivity contribution in [3.63, 3.8) is 0 Å². The van der Waals surface area contributed by atoms with Crippen molar-refractivity contribution in [2.45, 2.75) is 26.7 Å². The highest BCUT2D eigenvalue weighted by molar-refractivity contribution is 7.92. The number of sulfonamides is 1. The molecule has 0 aliphatic heterocycles. The van der Waals surface area contributed by atoms with Crippen LogP contribution in [0, 0.1) is 0 Å². The lowest BCUT2D eigenvalue weighted by atomic mass is 10.2. The number of hydrogen-bond acceptors (Lipinski definition) is 4. The molecule has 0 aromatic heterocycles.